The predicted octanol–water partition coefficient (Wildman–Crippen LogP) is 3.84. The zero-order chi connectivity index (χ0) is 20.9. The minimum Gasteiger partial charge on any atom is -0.497 e. The molecular formula is C22H26N4O4. The van der Waals surface area contributed by atoms with Gasteiger partial charge in [0.05, 0.1) is 21.3 Å². The van der Waals surface area contributed by atoms with Crippen molar-refractivity contribution in [3.63, 3.8) is 0 Å². The highest BCUT2D eigenvalue weighted by Crippen LogP contribution is 2.29. The van der Waals surface area contributed by atoms with Crippen molar-refractivity contribution in [2.24, 2.45) is 0 Å². The maximum absolute atomic E-state index is 5.56. The monoisotopic (exact) mass is 410 g/mol. The fraction of sp³-hybridized carbons (Fsp3) is 0.364. The van der Waals surface area contributed by atoms with Gasteiger partial charge in [-0.15, -0.1) is 0 Å². The maximum Gasteiger partial charge on any atom is 0.324 e. The number of methoxy groups -OCH3 is 3. The number of ether oxygens (including phenoxy) is 3. The summed E-state index contributed by atoms with van der Waals surface area (Å²) in [4.78, 5) is 6.72. The van der Waals surface area contributed by atoms with Gasteiger partial charge < -0.3 is 29.0 Å². The van der Waals surface area contributed by atoms with Crippen molar-refractivity contribution in [1.29, 1.82) is 0 Å². The third kappa shape index (κ3) is 4.42. The van der Waals surface area contributed by atoms with Crippen molar-refractivity contribution >= 4 is 11.7 Å². The van der Waals surface area contributed by atoms with E-state index < -0.39 is 0 Å². The Bertz CT molecular complexity index is 969. The highest BCUT2D eigenvalue weighted by molar-refractivity contribution is 5.58. The molecule has 0 bridgehead atoms. The molecule has 0 radical (unpaired) electrons. The SMILES string of the molecule is COc1cc(NC2CCCN(c3nc(-c4cccc(OC)c4)no3)C2)cc(OC)c1. The average molecular weight is 410 g/mol. The summed E-state index contributed by atoms with van der Waals surface area (Å²) in [6.07, 6.45) is 2.07. The van der Waals surface area contributed by atoms with Crippen molar-refractivity contribution < 1.29 is 18.7 Å². The van der Waals surface area contributed by atoms with E-state index in [9.17, 15) is 0 Å². The van der Waals surface area contributed by atoms with Gasteiger partial charge in [0.1, 0.15) is 17.2 Å². The molecule has 1 saturated heterocycles. The van der Waals surface area contributed by atoms with Gasteiger partial charge in [-0.3, -0.25) is 0 Å². The normalized spacial score (nSPS) is 16.2. The summed E-state index contributed by atoms with van der Waals surface area (Å²) in [6.45, 7) is 1.64. The van der Waals surface area contributed by atoms with Crippen LogP contribution in [0.4, 0.5) is 11.7 Å². The third-order valence-corrected chi connectivity index (χ3v) is 5.16. The summed E-state index contributed by atoms with van der Waals surface area (Å²) in [5.74, 6) is 2.82. The van der Waals surface area contributed by atoms with E-state index in [0.29, 0.717) is 11.8 Å². The van der Waals surface area contributed by atoms with Crippen LogP contribution in [-0.2, 0) is 0 Å². The molecule has 0 saturated carbocycles. The van der Waals surface area contributed by atoms with Crippen LogP contribution in [0.25, 0.3) is 11.4 Å². The number of aromatic nitrogens is 2. The first-order chi connectivity index (χ1) is 14.7. The number of hydrogen-bond acceptors (Lipinski definition) is 8. The molecule has 0 amide bonds. The van der Waals surface area contributed by atoms with E-state index in [-0.39, 0.29) is 6.04 Å². The summed E-state index contributed by atoms with van der Waals surface area (Å²) in [5, 5.41) is 7.73. The second kappa shape index (κ2) is 8.94. The van der Waals surface area contributed by atoms with Crippen LogP contribution in [0.1, 0.15) is 12.8 Å². The van der Waals surface area contributed by atoms with Crippen LogP contribution in [-0.4, -0.2) is 50.6 Å². The van der Waals surface area contributed by atoms with Crippen molar-refractivity contribution in [2.45, 2.75) is 18.9 Å². The summed E-state index contributed by atoms with van der Waals surface area (Å²) in [7, 11) is 4.94. The summed E-state index contributed by atoms with van der Waals surface area (Å²) >= 11 is 0. The maximum atomic E-state index is 5.56. The predicted molar refractivity (Wildman–Crippen MR) is 115 cm³/mol. The van der Waals surface area contributed by atoms with Crippen LogP contribution < -0.4 is 24.4 Å². The van der Waals surface area contributed by atoms with Gasteiger partial charge in [-0.25, -0.2) is 0 Å². The Kier molecular flexibility index (Phi) is 5.92. The van der Waals surface area contributed by atoms with E-state index in [0.717, 1.165) is 54.4 Å². The van der Waals surface area contributed by atoms with E-state index in [1.165, 1.54) is 0 Å². The first kappa shape index (κ1) is 19.9. The Hall–Kier alpha value is -3.42. The van der Waals surface area contributed by atoms with Gasteiger partial charge in [0.15, 0.2) is 0 Å². The van der Waals surface area contributed by atoms with Gasteiger partial charge >= 0.3 is 6.01 Å². The van der Waals surface area contributed by atoms with Crippen LogP contribution in [0.2, 0.25) is 0 Å². The van der Waals surface area contributed by atoms with Gasteiger partial charge in [0.25, 0.3) is 0 Å². The van der Waals surface area contributed by atoms with Crippen LogP contribution in [0.3, 0.4) is 0 Å². The first-order valence-electron chi connectivity index (χ1n) is 9.91. The minimum atomic E-state index is 0.239. The van der Waals surface area contributed by atoms with Crippen molar-refractivity contribution in [3.8, 4) is 28.6 Å². The van der Waals surface area contributed by atoms with Gasteiger partial charge in [-0.05, 0) is 25.0 Å². The molecule has 158 valence electrons. The van der Waals surface area contributed by atoms with E-state index in [1.807, 2.05) is 42.5 Å². The van der Waals surface area contributed by atoms with Crippen LogP contribution >= 0.6 is 0 Å². The number of hydrogen-bond donors (Lipinski definition) is 1. The Morgan fingerprint density at radius 2 is 1.77 bits per heavy atom. The first-order valence-corrected chi connectivity index (χ1v) is 9.91. The number of nitrogens with zero attached hydrogens (tertiary/aromatic N) is 3. The number of nitrogens with one attached hydrogen (secondary N) is 1. The van der Waals surface area contributed by atoms with E-state index in [4.69, 9.17) is 18.7 Å². The van der Waals surface area contributed by atoms with E-state index in [2.05, 4.69) is 20.4 Å². The fourth-order valence-electron chi connectivity index (χ4n) is 3.62. The smallest absolute Gasteiger partial charge is 0.324 e. The average Bonchev–Trinajstić information content (AvgIpc) is 3.29. The summed E-state index contributed by atoms with van der Waals surface area (Å²) in [6, 6.07) is 14.2. The molecule has 30 heavy (non-hydrogen) atoms. The number of rotatable bonds is 7. The Balaban J connectivity index is 1.46. The fourth-order valence-corrected chi connectivity index (χ4v) is 3.62. The molecule has 8 heteroatoms. The molecule has 2 heterocycles. The zero-order valence-corrected chi connectivity index (χ0v) is 17.4. The Morgan fingerprint density at radius 1 is 1.00 bits per heavy atom. The molecule has 2 aromatic carbocycles. The van der Waals surface area contributed by atoms with Gasteiger partial charge in [0.2, 0.25) is 5.82 Å². The van der Waals surface area contributed by atoms with Crippen molar-refractivity contribution in [2.75, 3.05) is 44.6 Å². The zero-order valence-electron chi connectivity index (χ0n) is 17.4. The highest BCUT2D eigenvalue weighted by Gasteiger charge is 2.24. The molecule has 0 spiro atoms. The van der Waals surface area contributed by atoms with Gasteiger partial charge in [-0.1, -0.05) is 17.3 Å². The number of piperidine rings is 1. The molecule has 1 N–H and O–H groups in total. The molecule has 1 fully saturated rings. The highest BCUT2D eigenvalue weighted by atomic mass is 16.5. The largest absolute Gasteiger partial charge is 0.497 e. The summed E-state index contributed by atoms with van der Waals surface area (Å²) < 4.78 is 21.6. The van der Waals surface area contributed by atoms with Gasteiger partial charge in [-0.2, -0.15) is 4.98 Å². The van der Waals surface area contributed by atoms with Crippen LogP contribution in [0, 0.1) is 0 Å². The lowest BCUT2D eigenvalue weighted by atomic mass is 10.1. The molecule has 1 aliphatic heterocycles. The molecule has 8 nitrogen and oxygen atoms in total. The molecule has 4 rings (SSSR count). The topological polar surface area (TPSA) is 81.9 Å². The third-order valence-electron chi connectivity index (χ3n) is 5.16. The number of benzene rings is 2. The quantitative estimate of drug-likeness (QED) is 0.629. The Morgan fingerprint density at radius 3 is 2.50 bits per heavy atom. The molecule has 1 aromatic heterocycles. The second-order valence-corrected chi connectivity index (χ2v) is 7.16. The standard InChI is InChI=1S/C22H26N4O4/c1-27-18-8-4-6-15(10-18)21-24-22(30-25-21)26-9-5-7-16(14-26)23-17-11-19(28-2)13-20(12-17)29-3/h4,6,8,10-13,16,23H,5,7,9,14H2,1-3H3. The van der Waals surface area contributed by atoms with Gasteiger partial charge in [0, 0.05) is 48.6 Å². The molecule has 1 aliphatic rings. The lowest BCUT2D eigenvalue weighted by Gasteiger charge is -2.32. The Labute approximate surface area is 175 Å². The lowest BCUT2D eigenvalue weighted by molar-refractivity contribution is 0.393. The van der Waals surface area contributed by atoms with Crippen molar-refractivity contribution in [3.05, 3.63) is 42.5 Å². The van der Waals surface area contributed by atoms with E-state index >= 15 is 0 Å². The lowest BCUT2D eigenvalue weighted by Crippen LogP contribution is -2.42. The van der Waals surface area contributed by atoms with Crippen LogP contribution in [0.15, 0.2) is 47.0 Å². The van der Waals surface area contributed by atoms with E-state index in [1.54, 1.807) is 21.3 Å². The van der Waals surface area contributed by atoms with Crippen LogP contribution in [0.5, 0.6) is 17.2 Å². The second-order valence-electron chi connectivity index (χ2n) is 7.16. The molecular weight excluding hydrogens is 384 g/mol. The molecule has 1 unspecified atom stereocenters. The minimum absolute atomic E-state index is 0.239. The molecule has 1 atom stereocenters. The van der Waals surface area contributed by atoms with Crippen molar-refractivity contribution in [1.82, 2.24) is 10.1 Å². The summed E-state index contributed by atoms with van der Waals surface area (Å²) in [5.41, 5.74) is 1.82. The molecule has 3 aromatic rings. The number of anilines is 2. The molecule has 0 aliphatic carbocycles.